The van der Waals surface area contributed by atoms with Gasteiger partial charge in [-0.3, -0.25) is 0 Å². The Labute approximate surface area is 152 Å². The standard InChI is InChI=1S/C23H30N2/c1-24(2)14-8-15-25-16-13-20-19-11-6-7-12-21(19)23(22(20)17-25)18-9-4-3-5-10-18/h3-7,9-12,20,22-23H,8,13-17H2,1-2H3/t20-,22-,23+/m0/s1. The summed E-state index contributed by atoms with van der Waals surface area (Å²) in [5, 5.41) is 0. The zero-order valence-electron chi connectivity index (χ0n) is 15.6. The van der Waals surface area contributed by atoms with Crippen LogP contribution in [0.3, 0.4) is 0 Å². The smallest absolute Gasteiger partial charge is 0.0138 e. The number of rotatable bonds is 5. The molecule has 2 aromatic rings. The molecule has 0 saturated carbocycles. The van der Waals surface area contributed by atoms with E-state index in [0.717, 1.165) is 11.8 Å². The van der Waals surface area contributed by atoms with Crippen molar-refractivity contribution in [3.8, 4) is 0 Å². The Morgan fingerprint density at radius 2 is 1.68 bits per heavy atom. The summed E-state index contributed by atoms with van der Waals surface area (Å²) in [6.07, 6.45) is 2.58. The number of nitrogens with zero attached hydrogens (tertiary/aromatic N) is 2. The van der Waals surface area contributed by atoms with E-state index >= 15 is 0 Å². The van der Waals surface area contributed by atoms with Crippen molar-refractivity contribution in [1.82, 2.24) is 9.80 Å². The predicted octanol–water partition coefficient (Wildman–Crippen LogP) is 4.19. The number of hydrogen-bond donors (Lipinski definition) is 0. The number of hydrogen-bond acceptors (Lipinski definition) is 2. The first-order valence-corrected chi connectivity index (χ1v) is 9.75. The maximum Gasteiger partial charge on any atom is 0.0138 e. The molecule has 0 N–H and O–H groups in total. The van der Waals surface area contributed by atoms with Crippen LogP contribution >= 0.6 is 0 Å². The molecule has 4 rings (SSSR count). The minimum atomic E-state index is 0.569. The van der Waals surface area contributed by atoms with E-state index < -0.39 is 0 Å². The van der Waals surface area contributed by atoms with Crippen LogP contribution in [-0.4, -0.2) is 50.1 Å². The summed E-state index contributed by atoms with van der Waals surface area (Å²) in [5.41, 5.74) is 4.70. The fourth-order valence-corrected chi connectivity index (χ4v) is 5.04. The van der Waals surface area contributed by atoms with Gasteiger partial charge < -0.3 is 9.80 Å². The van der Waals surface area contributed by atoms with E-state index in [1.54, 1.807) is 11.1 Å². The number of fused-ring (bicyclic) bond motifs is 3. The average molecular weight is 335 g/mol. The molecule has 1 aliphatic heterocycles. The molecular formula is C23H30N2. The molecule has 0 spiro atoms. The highest BCUT2D eigenvalue weighted by Crippen LogP contribution is 2.52. The lowest BCUT2D eigenvalue weighted by atomic mass is 9.79. The molecule has 0 amide bonds. The lowest BCUT2D eigenvalue weighted by Gasteiger charge is -2.38. The largest absolute Gasteiger partial charge is 0.309 e. The number of benzene rings is 2. The molecule has 1 fully saturated rings. The van der Waals surface area contributed by atoms with Gasteiger partial charge in [0.15, 0.2) is 0 Å². The maximum absolute atomic E-state index is 2.71. The Kier molecular flexibility index (Phi) is 4.91. The summed E-state index contributed by atoms with van der Waals surface area (Å²) < 4.78 is 0. The molecule has 1 heterocycles. The fourth-order valence-electron chi connectivity index (χ4n) is 5.04. The van der Waals surface area contributed by atoms with Gasteiger partial charge in [0.1, 0.15) is 0 Å². The van der Waals surface area contributed by atoms with Crippen molar-refractivity contribution in [1.29, 1.82) is 0 Å². The van der Waals surface area contributed by atoms with Crippen LogP contribution in [0.4, 0.5) is 0 Å². The molecule has 0 aromatic heterocycles. The van der Waals surface area contributed by atoms with E-state index in [-0.39, 0.29) is 0 Å². The van der Waals surface area contributed by atoms with Crippen LogP contribution in [0.2, 0.25) is 0 Å². The predicted molar refractivity (Wildman–Crippen MR) is 105 cm³/mol. The molecule has 2 nitrogen and oxygen atoms in total. The van der Waals surface area contributed by atoms with Gasteiger partial charge in [-0.15, -0.1) is 0 Å². The Morgan fingerprint density at radius 3 is 2.44 bits per heavy atom. The van der Waals surface area contributed by atoms with E-state index in [4.69, 9.17) is 0 Å². The number of piperidine rings is 1. The van der Waals surface area contributed by atoms with Gasteiger partial charge in [0.25, 0.3) is 0 Å². The molecule has 1 saturated heterocycles. The highest BCUT2D eigenvalue weighted by Gasteiger charge is 2.43. The Balaban J connectivity index is 1.57. The van der Waals surface area contributed by atoms with Gasteiger partial charge >= 0.3 is 0 Å². The van der Waals surface area contributed by atoms with Crippen LogP contribution in [0.15, 0.2) is 54.6 Å². The minimum absolute atomic E-state index is 0.569. The summed E-state index contributed by atoms with van der Waals surface area (Å²) in [6, 6.07) is 20.4. The second kappa shape index (κ2) is 7.31. The van der Waals surface area contributed by atoms with Crippen LogP contribution in [0.25, 0.3) is 0 Å². The molecule has 0 bridgehead atoms. The van der Waals surface area contributed by atoms with E-state index in [1.807, 2.05) is 0 Å². The average Bonchev–Trinajstić information content (AvgIpc) is 2.96. The van der Waals surface area contributed by atoms with Gasteiger partial charge in [0.05, 0.1) is 0 Å². The molecule has 132 valence electrons. The van der Waals surface area contributed by atoms with Crippen molar-refractivity contribution in [3.63, 3.8) is 0 Å². The van der Waals surface area contributed by atoms with Crippen LogP contribution in [0.5, 0.6) is 0 Å². The number of likely N-dealkylation sites (tertiary alicyclic amines) is 1. The van der Waals surface area contributed by atoms with Crippen LogP contribution in [0.1, 0.15) is 41.4 Å². The first-order valence-electron chi connectivity index (χ1n) is 9.75. The van der Waals surface area contributed by atoms with Crippen molar-refractivity contribution in [2.24, 2.45) is 5.92 Å². The highest BCUT2D eigenvalue weighted by atomic mass is 15.1. The SMILES string of the molecule is CN(C)CCCN1CC[C@H]2c3ccccc3[C@@H](c3ccccc3)[C@H]2C1. The lowest BCUT2D eigenvalue weighted by molar-refractivity contribution is 0.149. The Morgan fingerprint density at radius 1 is 0.960 bits per heavy atom. The lowest BCUT2D eigenvalue weighted by Crippen LogP contribution is -2.40. The molecule has 0 radical (unpaired) electrons. The van der Waals surface area contributed by atoms with E-state index in [0.29, 0.717) is 5.92 Å². The van der Waals surface area contributed by atoms with E-state index in [2.05, 4.69) is 78.5 Å². The minimum Gasteiger partial charge on any atom is -0.309 e. The van der Waals surface area contributed by atoms with Crippen LogP contribution in [0, 0.1) is 5.92 Å². The van der Waals surface area contributed by atoms with Crippen molar-refractivity contribution in [3.05, 3.63) is 71.3 Å². The third-order valence-electron chi connectivity index (χ3n) is 6.14. The summed E-state index contributed by atoms with van der Waals surface area (Å²) >= 11 is 0. The molecule has 3 atom stereocenters. The van der Waals surface area contributed by atoms with Crippen molar-refractivity contribution >= 4 is 0 Å². The molecule has 2 aliphatic rings. The third kappa shape index (κ3) is 3.38. The first kappa shape index (κ1) is 16.8. The molecule has 1 aliphatic carbocycles. The van der Waals surface area contributed by atoms with E-state index in [9.17, 15) is 0 Å². The van der Waals surface area contributed by atoms with Crippen molar-refractivity contribution in [2.45, 2.75) is 24.7 Å². The molecular weight excluding hydrogens is 304 g/mol. The van der Waals surface area contributed by atoms with Gasteiger partial charge in [0, 0.05) is 12.5 Å². The van der Waals surface area contributed by atoms with Gasteiger partial charge in [0.2, 0.25) is 0 Å². The normalized spacial score (nSPS) is 25.8. The Hall–Kier alpha value is -1.64. The summed E-state index contributed by atoms with van der Waals surface area (Å²) in [5.74, 6) is 2.04. The van der Waals surface area contributed by atoms with Gasteiger partial charge in [-0.25, -0.2) is 0 Å². The van der Waals surface area contributed by atoms with Crippen molar-refractivity contribution < 1.29 is 0 Å². The zero-order valence-corrected chi connectivity index (χ0v) is 15.6. The topological polar surface area (TPSA) is 6.48 Å². The second-order valence-electron chi connectivity index (χ2n) is 8.03. The highest BCUT2D eigenvalue weighted by molar-refractivity contribution is 5.46. The molecule has 0 unspecified atom stereocenters. The maximum atomic E-state index is 2.71. The van der Waals surface area contributed by atoms with Gasteiger partial charge in [-0.2, -0.15) is 0 Å². The monoisotopic (exact) mass is 334 g/mol. The molecule has 2 heteroatoms. The second-order valence-corrected chi connectivity index (χ2v) is 8.03. The fraction of sp³-hybridized carbons (Fsp3) is 0.478. The molecule has 25 heavy (non-hydrogen) atoms. The van der Waals surface area contributed by atoms with Crippen molar-refractivity contribution in [2.75, 3.05) is 40.3 Å². The quantitative estimate of drug-likeness (QED) is 0.809. The van der Waals surface area contributed by atoms with Crippen LogP contribution in [-0.2, 0) is 0 Å². The van der Waals surface area contributed by atoms with Crippen LogP contribution < -0.4 is 0 Å². The van der Waals surface area contributed by atoms with Gasteiger partial charge in [-0.1, -0.05) is 54.6 Å². The van der Waals surface area contributed by atoms with Gasteiger partial charge in [-0.05, 0) is 75.1 Å². The first-order chi connectivity index (χ1) is 12.2. The zero-order chi connectivity index (χ0) is 17.2. The summed E-state index contributed by atoms with van der Waals surface area (Å²) in [7, 11) is 4.34. The Bertz CT molecular complexity index is 694. The summed E-state index contributed by atoms with van der Waals surface area (Å²) in [4.78, 5) is 5.01. The molecule has 2 aromatic carbocycles. The third-order valence-corrected chi connectivity index (χ3v) is 6.14. The van der Waals surface area contributed by atoms with E-state index in [1.165, 1.54) is 44.6 Å². The summed E-state index contributed by atoms with van der Waals surface area (Å²) in [6.45, 7) is 4.92.